The van der Waals surface area contributed by atoms with Crippen molar-refractivity contribution in [3.8, 4) is 0 Å². The summed E-state index contributed by atoms with van der Waals surface area (Å²) in [5, 5.41) is 8.26. The number of aryl methyl sites for hydroxylation is 1. The Morgan fingerprint density at radius 3 is 2.76 bits per heavy atom. The van der Waals surface area contributed by atoms with Crippen LogP contribution < -0.4 is 5.32 Å². The lowest BCUT2D eigenvalue weighted by molar-refractivity contribution is 0.585. The van der Waals surface area contributed by atoms with Gasteiger partial charge in [-0.25, -0.2) is 8.78 Å². The monoisotopic (exact) mass is 307 g/mol. The first-order valence-corrected chi connectivity index (χ1v) is 6.73. The highest BCUT2D eigenvalue weighted by molar-refractivity contribution is 6.33. The molecule has 1 heterocycles. The van der Waals surface area contributed by atoms with Crippen LogP contribution in [-0.4, -0.2) is 9.78 Å². The average molecular weight is 308 g/mol. The first-order chi connectivity index (χ1) is 10.1. The predicted molar refractivity (Wildman–Crippen MR) is 79.4 cm³/mol. The SMILES string of the molecule is Cn1nc(CNc2c(F)cc(F)cc2Cl)c2ccccc21. The molecule has 0 aliphatic carbocycles. The minimum absolute atomic E-state index is 0.00716. The van der Waals surface area contributed by atoms with Gasteiger partial charge in [0, 0.05) is 18.5 Å². The highest BCUT2D eigenvalue weighted by Crippen LogP contribution is 2.27. The molecule has 0 saturated heterocycles. The van der Waals surface area contributed by atoms with Crippen molar-refractivity contribution in [2.75, 3.05) is 5.32 Å². The Bertz CT molecular complexity index is 791. The summed E-state index contributed by atoms with van der Waals surface area (Å²) in [6.07, 6.45) is 0. The fraction of sp³-hybridized carbons (Fsp3) is 0.133. The fourth-order valence-electron chi connectivity index (χ4n) is 2.30. The van der Waals surface area contributed by atoms with Gasteiger partial charge in [-0.2, -0.15) is 5.10 Å². The van der Waals surface area contributed by atoms with Crippen LogP contribution in [0, 0.1) is 11.6 Å². The molecule has 108 valence electrons. The van der Waals surface area contributed by atoms with E-state index in [1.54, 1.807) is 4.68 Å². The second kappa shape index (κ2) is 5.33. The molecule has 0 bridgehead atoms. The molecule has 1 N–H and O–H groups in total. The summed E-state index contributed by atoms with van der Waals surface area (Å²) >= 11 is 5.86. The predicted octanol–water partition coefficient (Wildman–Crippen LogP) is 4.12. The number of para-hydroxylation sites is 1. The van der Waals surface area contributed by atoms with Crippen LogP contribution >= 0.6 is 11.6 Å². The van der Waals surface area contributed by atoms with E-state index in [1.807, 2.05) is 31.3 Å². The summed E-state index contributed by atoms with van der Waals surface area (Å²) in [7, 11) is 1.84. The molecule has 0 unspecified atom stereocenters. The zero-order chi connectivity index (χ0) is 15.0. The van der Waals surface area contributed by atoms with E-state index >= 15 is 0 Å². The highest BCUT2D eigenvalue weighted by Gasteiger charge is 2.12. The van der Waals surface area contributed by atoms with Crippen LogP contribution in [0.3, 0.4) is 0 Å². The normalized spacial score (nSPS) is 11.0. The molecule has 0 spiro atoms. The Hall–Kier alpha value is -2.14. The highest BCUT2D eigenvalue weighted by atomic mass is 35.5. The van der Waals surface area contributed by atoms with Crippen molar-refractivity contribution < 1.29 is 8.78 Å². The molecule has 0 saturated carbocycles. The molecule has 1 aromatic heterocycles. The molecule has 0 radical (unpaired) electrons. The molecule has 6 heteroatoms. The lowest BCUT2D eigenvalue weighted by Crippen LogP contribution is -2.04. The quantitative estimate of drug-likeness (QED) is 0.789. The van der Waals surface area contributed by atoms with E-state index in [0.29, 0.717) is 6.54 Å². The molecule has 3 nitrogen and oxygen atoms in total. The maximum Gasteiger partial charge on any atom is 0.150 e. The van der Waals surface area contributed by atoms with Gasteiger partial charge in [0.15, 0.2) is 5.82 Å². The third-order valence-corrected chi connectivity index (χ3v) is 3.57. The number of aromatic nitrogens is 2. The Morgan fingerprint density at radius 1 is 1.24 bits per heavy atom. The van der Waals surface area contributed by atoms with Gasteiger partial charge in [-0.05, 0) is 12.1 Å². The number of hydrogen-bond acceptors (Lipinski definition) is 2. The van der Waals surface area contributed by atoms with Crippen LogP contribution in [0.15, 0.2) is 36.4 Å². The average Bonchev–Trinajstić information content (AvgIpc) is 2.75. The standard InChI is InChI=1S/C15H12ClF2N3/c1-21-14-5-3-2-4-10(14)13(20-21)8-19-15-11(16)6-9(17)7-12(15)18/h2-7,19H,8H2,1H3. The number of rotatable bonds is 3. The van der Waals surface area contributed by atoms with Gasteiger partial charge in [0.2, 0.25) is 0 Å². The van der Waals surface area contributed by atoms with Crippen molar-refractivity contribution in [1.29, 1.82) is 0 Å². The van der Waals surface area contributed by atoms with Crippen molar-refractivity contribution in [1.82, 2.24) is 9.78 Å². The van der Waals surface area contributed by atoms with Gasteiger partial charge in [-0.1, -0.05) is 29.8 Å². The number of nitrogens with zero attached hydrogens (tertiary/aromatic N) is 2. The largest absolute Gasteiger partial charge is 0.376 e. The van der Waals surface area contributed by atoms with Crippen molar-refractivity contribution in [2.24, 2.45) is 7.05 Å². The Labute approximate surface area is 125 Å². The Kier molecular flexibility index (Phi) is 3.51. The molecule has 3 rings (SSSR count). The fourth-order valence-corrected chi connectivity index (χ4v) is 2.56. The topological polar surface area (TPSA) is 29.9 Å². The molecule has 21 heavy (non-hydrogen) atoms. The first kappa shape index (κ1) is 13.8. The molecule has 0 aliphatic heterocycles. The van der Waals surface area contributed by atoms with Crippen LogP contribution in [0.4, 0.5) is 14.5 Å². The molecule has 0 amide bonds. The van der Waals surface area contributed by atoms with Gasteiger partial charge in [-0.3, -0.25) is 4.68 Å². The Balaban J connectivity index is 1.91. The van der Waals surface area contributed by atoms with Crippen LogP contribution in [0.25, 0.3) is 10.9 Å². The van der Waals surface area contributed by atoms with Crippen LogP contribution in [0.1, 0.15) is 5.69 Å². The lowest BCUT2D eigenvalue weighted by atomic mass is 10.2. The number of benzene rings is 2. The summed E-state index contributed by atoms with van der Waals surface area (Å²) in [4.78, 5) is 0. The van der Waals surface area contributed by atoms with E-state index in [9.17, 15) is 8.78 Å². The van der Waals surface area contributed by atoms with Crippen LogP contribution in [0.5, 0.6) is 0 Å². The van der Waals surface area contributed by atoms with Crippen molar-refractivity contribution in [2.45, 2.75) is 6.54 Å². The van der Waals surface area contributed by atoms with E-state index in [4.69, 9.17) is 11.6 Å². The summed E-state index contributed by atoms with van der Waals surface area (Å²) < 4.78 is 28.5. The number of fused-ring (bicyclic) bond motifs is 1. The van der Waals surface area contributed by atoms with Crippen LogP contribution in [-0.2, 0) is 13.6 Å². The van der Waals surface area contributed by atoms with Crippen molar-refractivity contribution in [3.05, 3.63) is 58.7 Å². The zero-order valence-electron chi connectivity index (χ0n) is 11.2. The second-order valence-electron chi connectivity index (χ2n) is 4.69. The van der Waals surface area contributed by atoms with Gasteiger partial charge < -0.3 is 5.32 Å². The van der Waals surface area contributed by atoms with Gasteiger partial charge in [0.1, 0.15) is 5.82 Å². The lowest BCUT2D eigenvalue weighted by Gasteiger charge is -2.08. The number of halogens is 3. The molecule has 2 aromatic carbocycles. The summed E-state index contributed by atoms with van der Waals surface area (Å²) in [6, 6.07) is 9.62. The third-order valence-electron chi connectivity index (χ3n) is 3.27. The number of hydrogen-bond donors (Lipinski definition) is 1. The van der Waals surface area contributed by atoms with Gasteiger partial charge in [0.25, 0.3) is 0 Å². The molecule has 0 atom stereocenters. The molecular weight excluding hydrogens is 296 g/mol. The summed E-state index contributed by atoms with van der Waals surface area (Å²) in [5.74, 6) is -1.42. The maximum absolute atomic E-state index is 13.7. The summed E-state index contributed by atoms with van der Waals surface area (Å²) in [5.41, 5.74) is 1.83. The van der Waals surface area contributed by atoms with Gasteiger partial charge >= 0.3 is 0 Å². The minimum Gasteiger partial charge on any atom is -0.376 e. The third kappa shape index (κ3) is 2.56. The summed E-state index contributed by atoms with van der Waals surface area (Å²) in [6.45, 7) is 0.295. The number of nitrogens with one attached hydrogen (secondary N) is 1. The van der Waals surface area contributed by atoms with E-state index < -0.39 is 11.6 Å². The zero-order valence-corrected chi connectivity index (χ0v) is 12.0. The van der Waals surface area contributed by atoms with E-state index in [1.165, 1.54) is 0 Å². The number of anilines is 1. The van der Waals surface area contributed by atoms with E-state index in [-0.39, 0.29) is 10.7 Å². The second-order valence-corrected chi connectivity index (χ2v) is 5.09. The van der Waals surface area contributed by atoms with Crippen molar-refractivity contribution in [3.63, 3.8) is 0 Å². The molecular formula is C15H12ClF2N3. The maximum atomic E-state index is 13.7. The van der Waals surface area contributed by atoms with Crippen molar-refractivity contribution >= 4 is 28.2 Å². The van der Waals surface area contributed by atoms with Gasteiger partial charge in [0.05, 0.1) is 28.5 Å². The minimum atomic E-state index is -0.722. The molecule has 0 aliphatic rings. The Morgan fingerprint density at radius 2 is 2.00 bits per heavy atom. The molecule has 0 fully saturated rings. The van der Waals surface area contributed by atoms with Crippen LogP contribution in [0.2, 0.25) is 5.02 Å². The van der Waals surface area contributed by atoms with Gasteiger partial charge in [-0.15, -0.1) is 0 Å². The smallest absolute Gasteiger partial charge is 0.150 e. The van der Waals surface area contributed by atoms with E-state index in [0.717, 1.165) is 28.7 Å². The van der Waals surface area contributed by atoms with E-state index in [2.05, 4.69) is 10.4 Å². The molecule has 3 aromatic rings. The first-order valence-electron chi connectivity index (χ1n) is 6.35.